The summed E-state index contributed by atoms with van der Waals surface area (Å²) in [6, 6.07) is 5.81. The first-order chi connectivity index (χ1) is 15.7. The van der Waals surface area contributed by atoms with Crippen molar-refractivity contribution in [3.63, 3.8) is 0 Å². The van der Waals surface area contributed by atoms with Gasteiger partial charge in [-0.1, -0.05) is 6.42 Å². The maximum atomic E-state index is 12.9. The second-order valence-electron chi connectivity index (χ2n) is 10.7. The summed E-state index contributed by atoms with van der Waals surface area (Å²) in [5, 5.41) is 3.25. The number of benzene rings is 1. The molecule has 6 rings (SSSR count). The monoisotopic (exact) mass is 474 g/mol. The highest BCUT2D eigenvalue weighted by molar-refractivity contribution is 7.89. The summed E-state index contributed by atoms with van der Waals surface area (Å²) in [5.74, 6) is 1.29. The molecule has 4 bridgehead atoms. The van der Waals surface area contributed by atoms with Crippen LogP contribution in [0.4, 0.5) is 0 Å². The lowest BCUT2D eigenvalue weighted by atomic mass is 9.53. The maximum absolute atomic E-state index is 12.9. The van der Waals surface area contributed by atoms with Crippen molar-refractivity contribution >= 4 is 21.9 Å². The first-order valence-electron chi connectivity index (χ1n) is 12.4. The van der Waals surface area contributed by atoms with Gasteiger partial charge < -0.3 is 10.1 Å². The standard InChI is InChI=1S/C25H34N2O5S/c1-17(23(28)26-25-14-18-11-19(15-25)13-20(12-18)16-25)32-24(29)21-5-7-22(8-6-21)33(30,31)27-9-3-2-4-10-27/h5-8,17-20H,2-4,9-16H2,1H3,(H,26,28)/t17-,18?,19?,20?,25?/m0/s1. The van der Waals surface area contributed by atoms with Crippen LogP contribution in [0, 0.1) is 17.8 Å². The largest absolute Gasteiger partial charge is 0.449 e. The first kappa shape index (κ1) is 22.8. The lowest BCUT2D eigenvalue weighted by molar-refractivity contribution is -0.134. The fraction of sp³-hybridized carbons (Fsp3) is 0.680. The lowest BCUT2D eigenvalue weighted by Crippen LogP contribution is -2.61. The Morgan fingerprint density at radius 3 is 2.06 bits per heavy atom. The average molecular weight is 475 g/mol. The smallest absolute Gasteiger partial charge is 0.338 e. The van der Waals surface area contributed by atoms with Crippen molar-refractivity contribution in [3.8, 4) is 0 Å². The molecule has 1 amide bonds. The molecule has 1 aromatic rings. The van der Waals surface area contributed by atoms with Gasteiger partial charge in [-0.3, -0.25) is 4.79 Å². The highest BCUT2D eigenvalue weighted by Gasteiger charge is 2.51. The number of sulfonamides is 1. The van der Waals surface area contributed by atoms with Gasteiger partial charge in [0.25, 0.3) is 5.91 Å². The number of esters is 1. The molecule has 1 N–H and O–H groups in total. The van der Waals surface area contributed by atoms with Crippen LogP contribution in [-0.4, -0.2) is 49.3 Å². The van der Waals surface area contributed by atoms with Crippen LogP contribution >= 0.6 is 0 Å². The Hall–Kier alpha value is -1.93. The molecule has 5 fully saturated rings. The Kier molecular flexibility index (Phi) is 6.02. The Bertz CT molecular complexity index is 978. The normalized spacial score (nSPS) is 32.3. The highest BCUT2D eigenvalue weighted by Crippen LogP contribution is 2.55. The third-order valence-corrected chi connectivity index (χ3v) is 10.0. The first-order valence-corrected chi connectivity index (χ1v) is 13.8. The molecule has 0 unspecified atom stereocenters. The molecule has 1 atom stereocenters. The van der Waals surface area contributed by atoms with Crippen LogP contribution in [-0.2, 0) is 19.6 Å². The molecule has 1 saturated heterocycles. The minimum Gasteiger partial charge on any atom is -0.449 e. The van der Waals surface area contributed by atoms with Crippen molar-refractivity contribution in [2.75, 3.05) is 13.1 Å². The summed E-state index contributed by atoms with van der Waals surface area (Å²) in [4.78, 5) is 25.7. The van der Waals surface area contributed by atoms with E-state index in [4.69, 9.17) is 4.74 Å². The summed E-state index contributed by atoms with van der Waals surface area (Å²) < 4.78 is 32.5. The molecule has 4 aliphatic carbocycles. The van der Waals surface area contributed by atoms with Gasteiger partial charge in [-0.15, -0.1) is 0 Å². The van der Waals surface area contributed by atoms with Gasteiger partial charge in [-0.2, -0.15) is 4.31 Å². The van der Waals surface area contributed by atoms with Gasteiger partial charge in [0, 0.05) is 18.6 Å². The van der Waals surface area contributed by atoms with E-state index in [-0.39, 0.29) is 21.9 Å². The van der Waals surface area contributed by atoms with Crippen LogP contribution < -0.4 is 5.32 Å². The minimum atomic E-state index is -3.55. The van der Waals surface area contributed by atoms with Gasteiger partial charge in [-0.05, 0) is 100 Å². The zero-order valence-electron chi connectivity index (χ0n) is 19.3. The molecule has 33 heavy (non-hydrogen) atoms. The van der Waals surface area contributed by atoms with Gasteiger partial charge in [0.1, 0.15) is 0 Å². The summed E-state index contributed by atoms with van der Waals surface area (Å²) in [5.41, 5.74) is 0.110. The van der Waals surface area contributed by atoms with Crippen LogP contribution in [0.5, 0.6) is 0 Å². The molecular weight excluding hydrogens is 440 g/mol. The number of nitrogens with zero attached hydrogens (tertiary/aromatic N) is 1. The van der Waals surface area contributed by atoms with Gasteiger partial charge in [-0.25, -0.2) is 13.2 Å². The zero-order chi connectivity index (χ0) is 23.2. The van der Waals surface area contributed by atoms with Crippen LogP contribution in [0.25, 0.3) is 0 Å². The molecule has 0 spiro atoms. The van der Waals surface area contributed by atoms with Gasteiger partial charge in [0.2, 0.25) is 10.0 Å². The fourth-order valence-corrected chi connectivity index (χ4v) is 8.44. The van der Waals surface area contributed by atoms with E-state index in [1.807, 2.05) is 0 Å². The molecule has 180 valence electrons. The van der Waals surface area contributed by atoms with Gasteiger partial charge in [0.05, 0.1) is 10.5 Å². The van der Waals surface area contributed by atoms with E-state index in [9.17, 15) is 18.0 Å². The molecular formula is C25H34N2O5S. The third-order valence-electron chi connectivity index (χ3n) is 8.12. The van der Waals surface area contributed by atoms with E-state index >= 15 is 0 Å². The van der Waals surface area contributed by atoms with Crippen LogP contribution in [0.2, 0.25) is 0 Å². The number of carbonyl (C=O) groups is 2. The van der Waals surface area contributed by atoms with Crippen molar-refractivity contribution < 1.29 is 22.7 Å². The lowest BCUT2D eigenvalue weighted by Gasteiger charge is -2.57. The van der Waals surface area contributed by atoms with Crippen LogP contribution in [0.3, 0.4) is 0 Å². The Morgan fingerprint density at radius 1 is 0.970 bits per heavy atom. The Balaban J connectivity index is 1.19. The van der Waals surface area contributed by atoms with Crippen molar-refractivity contribution in [1.82, 2.24) is 9.62 Å². The molecule has 4 saturated carbocycles. The van der Waals surface area contributed by atoms with Crippen molar-refractivity contribution in [1.29, 1.82) is 0 Å². The molecule has 7 nitrogen and oxygen atoms in total. The van der Waals surface area contributed by atoms with E-state index < -0.39 is 22.1 Å². The molecule has 1 heterocycles. The van der Waals surface area contributed by atoms with Crippen molar-refractivity contribution in [2.24, 2.45) is 17.8 Å². The quantitative estimate of drug-likeness (QED) is 0.637. The molecule has 5 aliphatic rings. The number of carbonyl (C=O) groups excluding carboxylic acids is 2. The number of piperidine rings is 1. The summed E-state index contributed by atoms with van der Waals surface area (Å²) in [7, 11) is -3.55. The average Bonchev–Trinajstić information content (AvgIpc) is 2.78. The SMILES string of the molecule is C[C@H](OC(=O)c1ccc(S(=O)(=O)N2CCCCC2)cc1)C(=O)NC12CC3CC(CC(C3)C1)C2. The van der Waals surface area contributed by atoms with Crippen LogP contribution in [0.15, 0.2) is 29.2 Å². The highest BCUT2D eigenvalue weighted by atomic mass is 32.2. The van der Waals surface area contributed by atoms with E-state index in [1.165, 1.54) is 47.8 Å². The summed E-state index contributed by atoms with van der Waals surface area (Å²) in [6.45, 7) is 2.66. The molecule has 0 radical (unpaired) electrons. The third kappa shape index (κ3) is 4.56. The molecule has 1 aliphatic heterocycles. The number of hydrogen-bond donors (Lipinski definition) is 1. The van der Waals surface area contributed by atoms with E-state index in [0.717, 1.165) is 38.5 Å². The predicted octanol–water partition coefficient (Wildman–Crippen LogP) is 3.49. The topological polar surface area (TPSA) is 92.8 Å². The molecule has 0 aromatic heterocycles. The zero-order valence-corrected chi connectivity index (χ0v) is 20.1. The predicted molar refractivity (Wildman–Crippen MR) is 123 cm³/mol. The van der Waals surface area contributed by atoms with Crippen LogP contribution in [0.1, 0.15) is 75.1 Å². The summed E-state index contributed by atoms with van der Waals surface area (Å²) in [6.07, 6.45) is 8.89. The second-order valence-corrected chi connectivity index (χ2v) is 12.7. The number of amides is 1. The maximum Gasteiger partial charge on any atom is 0.338 e. The van der Waals surface area contributed by atoms with E-state index in [1.54, 1.807) is 6.92 Å². The van der Waals surface area contributed by atoms with Crippen molar-refractivity contribution in [3.05, 3.63) is 29.8 Å². The number of nitrogens with one attached hydrogen (secondary N) is 1. The Morgan fingerprint density at radius 2 is 1.52 bits per heavy atom. The number of ether oxygens (including phenoxy) is 1. The molecule has 8 heteroatoms. The molecule has 1 aromatic carbocycles. The van der Waals surface area contributed by atoms with Crippen molar-refractivity contribution in [2.45, 2.75) is 81.2 Å². The van der Waals surface area contributed by atoms with Gasteiger partial charge >= 0.3 is 5.97 Å². The number of rotatable bonds is 6. The van der Waals surface area contributed by atoms with E-state index in [0.29, 0.717) is 30.8 Å². The van der Waals surface area contributed by atoms with Gasteiger partial charge in [0.15, 0.2) is 6.10 Å². The number of hydrogen-bond acceptors (Lipinski definition) is 5. The second kappa shape index (κ2) is 8.69. The fourth-order valence-electron chi connectivity index (χ4n) is 6.93. The Labute approximate surface area is 196 Å². The minimum absolute atomic E-state index is 0.128. The van der Waals surface area contributed by atoms with E-state index in [2.05, 4.69) is 5.32 Å². The summed E-state index contributed by atoms with van der Waals surface area (Å²) >= 11 is 0.